The van der Waals surface area contributed by atoms with Gasteiger partial charge < -0.3 is 5.32 Å². The van der Waals surface area contributed by atoms with Gasteiger partial charge in [0.15, 0.2) is 0 Å². The maximum Gasteiger partial charge on any atom is 0.145 e. The molecule has 0 saturated carbocycles. The molecule has 0 spiro atoms. The van der Waals surface area contributed by atoms with E-state index in [1.165, 1.54) is 0 Å². The molecule has 2 heteroatoms. The summed E-state index contributed by atoms with van der Waals surface area (Å²) >= 11 is 0. The predicted molar refractivity (Wildman–Crippen MR) is 62.4 cm³/mol. The van der Waals surface area contributed by atoms with Crippen molar-refractivity contribution in [3.8, 4) is 11.8 Å². The summed E-state index contributed by atoms with van der Waals surface area (Å²) in [5.74, 6) is 6.91. The van der Waals surface area contributed by atoms with Gasteiger partial charge in [0.25, 0.3) is 0 Å². The smallest absolute Gasteiger partial charge is 0.145 e. The molecule has 0 bridgehead atoms. The van der Waals surface area contributed by atoms with Gasteiger partial charge in [-0.1, -0.05) is 11.8 Å². The van der Waals surface area contributed by atoms with E-state index in [2.05, 4.69) is 37.9 Å². The Kier molecular flexibility index (Phi) is 4.35. The minimum Gasteiger partial charge on any atom is -0.316 e. The monoisotopic (exact) mass is 207 g/mol. The van der Waals surface area contributed by atoms with Gasteiger partial charge in [-0.2, -0.15) is 0 Å². The summed E-state index contributed by atoms with van der Waals surface area (Å²) in [7, 11) is 0. The lowest BCUT2D eigenvalue weighted by Crippen LogP contribution is -2.12. The minimum absolute atomic E-state index is 0.00912. The van der Waals surface area contributed by atoms with Crippen LogP contribution in [0.1, 0.15) is 40.0 Å². The van der Waals surface area contributed by atoms with Gasteiger partial charge in [0.1, 0.15) is 5.78 Å². The zero-order chi connectivity index (χ0) is 11.3. The standard InChI is InChI=1S/C13H21NO/c1-13(2,3)7-4-5-12(15)9-11-6-8-14-10-11/h11,14H,5-6,8-10H2,1-3H3. The van der Waals surface area contributed by atoms with Crippen molar-refractivity contribution in [2.24, 2.45) is 11.3 Å². The van der Waals surface area contributed by atoms with Crippen molar-refractivity contribution in [1.82, 2.24) is 5.32 Å². The molecule has 2 nitrogen and oxygen atoms in total. The fourth-order valence-corrected chi connectivity index (χ4v) is 1.69. The van der Waals surface area contributed by atoms with E-state index in [0.717, 1.165) is 19.5 Å². The average molecular weight is 207 g/mol. The molecule has 1 N–H and O–H groups in total. The Hall–Kier alpha value is -0.810. The molecule has 1 unspecified atom stereocenters. The van der Waals surface area contributed by atoms with Crippen molar-refractivity contribution in [3.05, 3.63) is 0 Å². The van der Waals surface area contributed by atoms with Crippen molar-refractivity contribution in [2.45, 2.75) is 40.0 Å². The van der Waals surface area contributed by atoms with Crippen LogP contribution in [0.25, 0.3) is 0 Å². The van der Waals surface area contributed by atoms with Crippen LogP contribution >= 0.6 is 0 Å². The normalized spacial score (nSPS) is 20.9. The molecule has 84 valence electrons. The van der Waals surface area contributed by atoms with Crippen LogP contribution in [-0.4, -0.2) is 18.9 Å². The molecular weight excluding hydrogens is 186 g/mol. The number of nitrogens with one attached hydrogen (secondary N) is 1. The van der Waals surface area contributed by atoms with Gasteiger partial charge in [-0.05, 0) is 46.2 Å². The topological polar surface area (TPSA) is 29.1 Å². The summed E-state index contributed by atoms with van der Waals surface area (Å²) in [5.41, 5.74) is 0.00912. The number of ketones is 1. The molecule has 15 heavy (non-hydrogen) atoms. The van der Waals surface area contributed by atoms with E-state index in [1.54, 1.807) is 0 Å². The van der Waals surface area contributed by atoms with Crippen LogP contribution in [0.15, 0.2) is 0 Å². The summed E-state index contributed by atoms with van der Waals surface area (Å²) < 4.78 is 0. The van der Waals surface area contributed by atoms with E-state index < -0.39 is 0 Å². The number of carbonyl (C=O) groups excluding carboxylic acids is 1. The van der Waals surface area contributed by atoms with Crippen LogP contribution in [-0.2, 0) is 4.79 Å². The van der Waals surface area contributed by atoms with Crippen molar-refractivity contribution >= 4 is 5.78 Å². The van der Waals surface area contributed by atoms with Crippen LogP contribution in [0, 0.1) is 23.2 Å². The highest BCUT2D eigenvalue weighted by atomic mass is 16.1. The van der Waals surface area contributed by atoms with Crippen LogP contribution in [0.5, 0.6) is 0 Å². The van der Waals surface area contributed by atoms with Gasteiger partial charge >= 0.3 is 0 Å². The second-order valence-corrected chi connectivity index (χ2v) is 5.33. The number of rotatable bonds is 3. The van der Waals surface area contributed by atoms with Gasteiger partial charge in [0.2, 0.25) is 0 Å². The zero-order valence-corrected chi connectivity index (χ0v) is 10.0. The molecule has 1 rings (SSSR count). The van der Waals surface area contributed by atoms with Crippen LogP contribution < -0.4 is 5.32 Å². The lowest BCUT2D eigenvalue weighted by Gasteiger charge is -2.07. The maximum absolute atomic E-state index is 11.6. The molecule has 0 aliphatic carbocycles. The third kappa shape index (κ3) is 5.59. The maximum atomic E-state index is 11.6. The van der Waals surface area contributed by atoms with Crippen molar-refractivity contribution in [2.75, 3.05) is 13.1 Å². The minimum atomic E-state index is 0.00912. The van der Waals surface area contributed by atoms with Gasteiger partial charge in [0, 0.05) is 11.8 Å². The summed E-state index contributed by atoms with van der Waals surface area (Å²) in [6.07, 6.45) is 2.26. The second-order valence-electron chi connectivity index (χ2n) is 5.33. The first kappa shape index (κ1) is 12.3. The highest BCUT2D eigenvalue weighted by Gasteiger charge is 2.17. The molecule has 0 aromatic heterocycles. The highest BCUT2D eigenvalue weighted by Crippen LogP contribution is 2.14. The Balaban J connectivity index is 2.26. The molecule has 1 saturated heterocycles. The van der Waals surface area contributed by atoms with E-state index >= 15 is 0 Å². The third-order valence-corrected chi connectivity index (χ3v) is 2.43. The molecule has 0 amide bonds. The first-order chi connectivity index (χ1) is 6.97. The Morgan fingerprint density at radius 2 is 2.20 bits per heavy atom. The van der Waals surface area contributed by atoms with Gasteiger partial charge in [-0.25, -0.2) is 0 Å². The van der Waals surface area contributed by atoms with Gasteiger partial charge in [-0.15, -0.1) is 0 Å². The van der Waals surface area contributed by atoms with E-state index in [-0.39, 0.29) is 5.41 Å². The van der Waals surface area contributed by atoms with Crippen LogP contribution in [0.2, 0.25) is 0 Å². The largest absolute Gasteiger partial charge is 0.316 e. The van der Waals surface area contributed by atoms with Crippen molar-refractivity contribution < 1.29 is 4.79 Å². The van der Waals surface area contributed by atoms with Crippen LogP contribution in [0.3, 0.4) is 0 Å². The third-order valence-electron chi connectivity index (χ3n) is 2.43. The summed E-state index contributed by atoms with van der Waals surface area (Å²) in [5, 5.41) is 3.27. The number of hydrogen-bond acceptors (Lipinski definition) is 2. The Morgan fingerprint density at radius 3 is 2.73 bits per heavy atom. The molecule has 1 fully saturated rings. The number of hydrogen-bond donors (Lipinski definition) is 1. The molecule has 1 heterocycles. The first-order valence-corrected chi connectivity index (χ1v) is 5.70. The fraction of sp³-hybridized carbons (Fsp3) is 0.769. The van der Waals surface area contributed by atoms with Crippen molar-refractivity contribution in [3.63, 3.8) is 0 Å². The summed E-state index contributed by atoms with van der Waals surface area (Å²) in [6.45, 7) is 8.24. The number of Topliss-reactive ketones (excluding diaryl/α,β-unsaturated/α-hetero) is 1. The fourth-order valence-electron chi connectivity index (χ4n) is 1.69. The van der Waals surface area contributed by atoms with E-state index in [9.17, 15) is 4.79 Å². The quantitative estimate of drug-likeness (QED) is 0.717. The first-order valence-electron chi connectivity index (χ1n) is 5.70. The molecule has 1 aliphatic heterocycles. The molecule has 1 aliphatic rings. The molecule has 0 aromatic rings. The molecule has 1 atom stereocenters. The predicted octanol–water partition coefficient (Wildman–Crippen LogP) is 1.99. The van der Waals surface area contributed by atoms with Crippen molar-refractivity contribution in [1.29, 1.82) is 0 Å². The van der Waals surface area contributed by atoms with E-state index in [1.807, 2.05) is 0 Å². The molecule has 0 radical (unpaired) electrons. The molecule has 0 aromatic carbocycles. The van der Waals surface area contributed by atoms with Gasteiger partial charge in [0.05, 0.1) is 6.42 Å². The molecular formula is C13H21NO. The van der Waals surface area contributed by atoms with E-state index in [0.29, 0.717) is 24.5 Å². The Bertz CT molecular complexity index is 271. The Labute approximate surface area is 92.8 Å². The average Bonchev–Trinajstić information content (AvgIpc) is 2.54. The van der Waals surface area contributed by atoms with Gasteiger partial charge in [-0.3, -0.25) is 4.79 Å². The summed E-state index contributed by atoms with van der Waals surface area (Å²) in [4.78, 5) is 11.6. The second kappa shape index (κ2) is 5.32. The SMILES string of the molecule is CC(C)(C)C#CCC(=O)CC1CCNC1. The lowest BCUT2D eigenvalue weighted by molar-refractivity contribution is -0.118. The van der Waals surface area contributed by atoms with E-state index in [4.69, 9.17) is 0 Å². The highest BCUT2D eigenvalue weighted by molar-refractivity contribution is 5.81. The number of carbonyl (C=O) groups is 1. The zero-order valence-electron chi connectivity index (χ0n) is 10.0. The Morgan fingerprint density at radius 1 is 1.47 bits per heavy atom. The summed E-state index contributed by atoms with van der Waals surface area (Å²) in [6, 6.07) is 0. The van der Waals surface area contributed by atoms with Crippen LogP contribution in [0.4, 0.5) is 0 Å². The lowest BCUT2D eigenvalue weighted by atomic mass is 9.96.